The summed E-state index contributed by atoms with van der Waals surface area (Å²) >= 11 is 6.30. The molecule has 1 aliphatic rings. The molecule has 4 heteroatoms. The van der Waals surface area contributed by atoms with Gasteiger partial charge in [-0.2, -0.15) is 0 Å². The zero-order chi connectivity index (χ0) is 14.7. The summed E-state index contributed by atoms with van der Waals surface area (Å²) in [5, 5.41) is 0.605. The Hall–Kier alpha value is -0.830. The van der Waals surface area contributed by atoms with E-state index in [1.807, 2.05) is 6.92 Å². The Morgan fingerprint density at radius 3 is 2.60 bits per heavy atom. The second-order valence-corrected chi connectivity index (χ2v) is 6.43. The molecule has 2 rings (SSSR count). The maximum atomic E-state index is 6.30. The van der Waals surface area contributed by atoms with Crippen LogP contribution in [0.2, 0.25) is 5.15 Å². The summed E-state index contributed by atoms with van der Waals surface area (Å²) in [5.74, 6) is 2.61. The molecule has 3 nitrogen and oxygen atoms in total. The first-order valence-electron chi connectivity index (χ1n) is 7.80. The van der Waals surface area contributed by atoms with Crippen molar-refractivity contribution in [1.29, 1.82) is 0 Å². The van der Waals surface area contributed by atoms with Crippen LogP contribution in [0.25, 0.3) is 0 Å². The first-order chi connectivity index (χ1) is 9.54. The van der Waals surface area contributed by atoms with Crippen LogP contribution < -0.4 is 4.90 Å². The number of hydrogen-bond acceptors (Lipinski definition) is 3. The molecule has 112 valence electrons. The highest BCUT2D eigenvalue weighted by atomic mass is 35.5. The van der Waals surface area contributed by atoms with Gasteiger partial charge in [0.2, 0.25) is 0 Å². The summed E-state index contributed by atoms with van der Waals surface area (Å²) in [4.78, 5) is 11.5. The lowest BCUT2D eigenvalue weighted by molar-refractivity contribution is 0.320. The maximum absolute atomic E-state index is 6.30. The zero-order valence-corrected chi connectivity index (χ0v) is 13.9. The van der Waals surface area contributed by atoms with Crippen molar-refractivity contribution in [1.82, 2.24) is 9.97 Å². The van der Waals surface area contributed by atoms with Crippen molar-refractivity contribution in [3.05, 3.63) is 16.5 Å². The van der Waals surface area contributed by atoms with E-state index in [0.717, 1.165) is 36.0 Å². The molecule has 0 N–H and O–H groups in total. The van der Waals surface area contributed by atoms with Gasteiger partial charge in [-0.15, -0.1) is 0 Å². The second kappa shape index (κ2) is 6.75. The van der Waals surface area contributed by atoms with Crippen LogP contribution in [0.5, 0.6) is 0 Å². The van der Waals surface area contributed by atoms with Gasteiger partial charge in [0.25, 0.3) is 0 Å². The summed E-state index contributed by atoms with van der Waals surface area (Å²) in [6.07, 6.45) is 7.18. The number of nitrogens with zero attached hydrogens (tertiary/aromatic N) is 3. The number of halogens is 1. The molecule has 1 saturated carbocycles. The largest absolute Gasteiger partial charge is 0.356 e. The Morgan fingerprint density at radius 1 is 1.25 bits per heavy atom. The lowest BCUT2D eigenvalue weighted by Gasteiger charge is -2.37. The molecule has 0 amide bonds. The van der Waals surface area contributed by atoms with Crippen molar-refractivity contribution in [3.63, 3.8) is 0 Å². The lowest BCUT2D eigenvalue weighted by Crippen LogP contribution is -2.40. The minimum Gasteiger partial charge on any atom is -0.356 e. The summed E-state index contributed by atoms with van der Waals surface area (Å²) in [5.41, 5.74) is 1.01. The molecule has 0 bridgehead atoms. The van der Waals surface area contributed by atoms with Crippen molar-refractivity contribution in [2.24, 2.45) is 5.92 Å². The fourth-order valence-corrected chi connectivity index (χ4v) is 3.41. The molecule has 0 saturated heterocycles. The average Bonchev–Trinajstić information content (AvgIpc) is 2.43. The fraction of sp³-hybridized carbons (Fsp3) is 0.750. The highest BCUT2D eigenvalue weighted by molar-refractivity contribution is 6.30. The smallest absolute Gasteiger partial charge is 0.137 e. The van der Waals surface area contributed by atoms with Gasteiger partial charge < -0.3 is 4.90 Å². The van der Waals surface area contributed by atoms with Crippen LogP contribution in [0.3, 0.4) is 0 Å². The molecule has 0 aliphatic heterocycles. The first-order valence-corrected chi connectivity index (χ1v) is 8.18. The van der Waals surface area contributed by atoms with Crippen LogP contribution in [0.1, 0.15) is 57.3 Å². The number of rotatable bonds is 4. The third-order valence-electron chi connectivity index (χ3n) is 4.48. The predicted octanol–water partition coefficient (Wildman–Crippen LogP) is 4.41. The summed E-state index contributed by atoms with van der Waals surface area (Å²) in [6.45, 7) is 6.52. The molecule has 1 aromatic rings. The summed E-state index contributed by atoms with van der Waals surface area (Å²) in [6, 6.07) is 0.572. The Labute approximate surface area is 127 Å². The third-order valence-corrected chi connectivity index (χ3v) is 4.85. The number of aryl methyl sites for hydroxylation is 1. The Kier molecular flexibility index (Phi) is 5.25. The maximum Gasteiger partial charge on any atom is 0.137 e. The van der Waals surface area contributed by atoms with Crippen molar-refractivity contribution < 1.29 is 0 Å². The lowest BCUT2D eigenvalue weighted by atomic mass is 9.85. The Morgan fingerprint density at radius 2 is 1.95 bits per heavy atom. The molecule has 2 atom stereocenters. The second-order valence-electron chi connectivity index (χ2n) is 6.07. The standard InChI is InChI=1S/C16H26ClN3/c1-5-8-14-18-15(17)12(3)16(19-14)20(4)13-10-7-6-9-11(13)2/h11,13H,5-10H2,1-4H3. The minimum atomic E-state index is 0.572. The van der Waals surface area contributed by atoms with Crippen LogP contribution in [0.15, 0.2) is 0 Å². The Balaban J connectivity index is 2.30. The molecule has 1 fully saturated rings. The molecule has 0 spiro atoms. The normalized spacial score (nSPS) is 22.9. The quantitative estimate of drug-likeness (QED) is 0.771. The molecule has 0 aromatic carbocycles. The third kappa shape index (κ3) is 3.25. The highest BCUT2D eigenvalue weighted by Crippen LogP contribution is 2.32. The van der Waals surface area contributed by atoms with Gasteiger partial charge in [0.15, 0.2) is 0 Å². The van der Waals surface area contributed by atoms with E-state index in [9.17, 15) is 0 Å². The van der Waals surface area contributed by atoms with E-state index in [4.69, 9.17) is 16.6 Å². The highest BCUT2D eigenvalue weighted by Gasteiger charge is 2.27. The molecule has 1 aliphatic carbocycles. The van der Waals surface area contributed by atoms with Crippen molar-refractivity contribution in [2.45, 2.75) is 65.3 Å². The van der Waals surface area contributed by atoms with Gasteiger partial charge in [0, 0.05) is 25.1 Å². The molecular formula is C16H26ClN3. The van der Waals surface area contributed by atoms with Crippen LogP contribution >= 0.6 is 11.6 Å². The van der Waals surface area contributed by atoms with Crippen LogP contribution in [-0.2, 0) is 6.42 Å². The average molecular weight is 296 g/mol. The van der Waals surface area contributed by atoms with Gasteiger partial charge in [0.05, 0.1) is 0 Å². The van der Waals surface area contributed by atoms with Gasteiger partial charge in [-0.25, -0.2) is 9.97 Å². The van der Waals surface area contributed by atoms with E-state index < -0.39 is 0 Å². The van der Waals surface area contributed by atoms with Gasteiger partial charge in [-0.1, -0.05) is 38.3 Å². The van der Waals surface area contributed by atoms with Crippen LogP contribution in [0, 0.1) is 12.8 Å². The molecule has 1 aromatic heterocycles. The van der Waals surface area contributed by atoms with Crippen molar-refractivity contribution in [3.8, 4) is 0 Å². The molecular weight excluding hydrogens is 270 g/mol. The minimum absolute atomic E-state index is 0.572. The van der Waals surface area contributed by atoms with Gasteiger partial charge >= 0.3 is 0 Å². The van der Waals surface area contributed by atoms with Gasteiger partial charge in [0.1, 0.15) is 16.8 Å². The van der Waals surface area contributed by atoms with E-state index in [0.29, 0.717) is 11.2 Å². The first kappa shape index (κ1) is 15.6. The molecule has 0 radical (unpaired) electrons. The molecule has 2 unspecified atom stereocenters. The number of hydrogen-bond donors (Lipinski definition) is 0. The van der Waals surface area contributed by atoms with Gasteiger partial charge in [-0.05, 0) is 32.1 Å². The van der Waals surface area contributed by atoms with E-state index in [1.54, 1.807) is 0 Å². The SMILES string of the molecule is CCCc1nc(Cl)c(C)c(N(C)C2CCCCC2C)n1. The predicted molar refractivity (Wildman–Crippen MR) is 85.6 cm³/mol. The van der Waals surface area contributed by atoms with E-state index in [-0.39, 0.29) is 0 Å². The Bertz CT molecular complexity index is 461. The van der Waals surface area contributed by atoms with Crippen molar-refractivity contribution >= 4 is 17.4 Å². The molecule has 1 heterocycles. The summed E-state index contributed by atoms with van der Waals surface area (Å²) < 4.78 is 0. The van der Waals surface area contributed by atoms with Gasteiger partial charge in [-0.3, -0.25) is 0 Å². The number of anilines is 1. The van der Waals surface area contributed by atoms with E-state index in [1.165, 1.54) is 25.7 Å². The zero-order valence-electron chi connectivity index (χ0n) is 13.1. The monoisotopic (exact) mass is 295 g/mol. The summed E-state index contributed by atoms with van der Waals surface area (Å²) in [7, 11) is 2.16. The van der Waals surface area contributed by atoms with E-state index >= 15 is 0 Å². The van der Waals surface area contributed by atoms with E-state index in [2.05, 4.69) is 30.8 Å². The molecule has 20 heavy (non-hydrogen) atoms. The topological polar surface area (TPSA) is 29.0 Å². The fourth-order valence-electron chi connectivity index (χ4n) is 3.23. The van der Waals surface area contributed by atoms with Crippen molar-refractivity contribution in [2.75, 3.05) is 11.9 Å². The number of aromatic nitrogens is 2. The van der Waals surface area contributed by atoms with Crippen LogP contribution in [-0.4, -0.2) is 23.1 Å². The van der Waals surface area contributed by atoms with Crippen LogP contribution in [0.4, 0.5) is 5.82 Å².